The van der Waals surface area contributed by atoms with Crippen molar-refractivity contribution in [3.63, 3.8) is 0 Å². The second-order valence-corrected chi connectivity index (χ2v) is 16.4. The topological polar surface area (TPSA) is 119 Å². The molecule has 1 saturated carbocycles. The fourth-order valence-corrected chi connectivity index (χ4v) is 9.61. The lowest BCUT2D eigenvalue weighted by molar-refractivity contribution is -0.255. The van der Waals surface area contributed by atoms with E-state index < -0.39 is 17.7 Å². The van der Waals surface area contributed by atoms with Crippen LogP contribution in [-0.4, -0.2) is 72.5 Å². The third-order valence-electron chi connectivity index (χ3n) is 12.6. The highest BCUT2D eigenvalue weighted by molar-refractivity contribution is 6.03. The van der Waals surface area contributed by atoms with Gasteiger partial charge in [-0.2, -0.15) is 0 Å². The van der Waals surface area contributed by atoms with Crippen LogP contribution < -0.4 is 14.2 Å². The number of benzene rings is 4. The van der Waals surface area contributed by atoms with Crippen molar-refractivity contribution in [2.45, 2.75) is 82.3 Å². The van der Waals surface area contributed by atoms with Crippen molar-refractivity contribution in [1.82, 2.24) is 4.90 Å². The molecule has 1 aliphatic heterocycles. The summed E-state index contributed by atoms with van der Waals surface area (Å²) in [7, 11) is 3.41. The highest BCUT2D eigenvalue weighted by Gasteiger charge is 2.65. The minimum Gasteiger partial charge on any atom is -0.497 e. The Balaban J connectivity index is 1.38. The van der Waals surface area contributed by atoms with Crippen molar-refractivity contribution in [3.8, 4) is 17.2 Å². The number of methoxy groups -OCH3 is 1. The van der Waals surface area contributed by atoms with Crippen molar-refractivity contribution in [2.24, 2.45) is 22.9 Å². The molecule has 2 aliphatic carbocycles. The molecule has 4 aromatic carbocycles. The van der Waals surface area contributed by atoms with Crippen LogP contribution in [0.3, 0.4) is 0 Å². The van der Waals surface area contributed by atoms with E-state index in [1.54, 1.807) is 43.3 Å². The monoisotopic (exact) mass is 846 g/mol. The van der Waals surface area contributed by atoms with Gasteiger partial charge in [0.2, 0.25) is 11.7 Å². The molecule has 0 radical (unpaired) electrons. The number of amides is 1. The molecule has 0 spiro atoms. The lowest BCUT2D eigenvalue weighted by Crippen LogP contribution is -2.69. The van der Waals surface area contributed by atoms with E-state index in [1.165, 1.54) is 6.07 Å². The van der Waals surface area contributed by atoms with Crippen molar-refractivity contribution in [3.05, 3.63) is 149 Å². The number of oxime groups is 1. The molecular formula is C51H59FN2O8. The number of hydrogen-bond acceptors (Lipinski definition) is 9. The van der Waals surface area contributed by atoms with Gasteiger partial charge in [-0.25, -0.2) is 4.39 Å². The maximum atomic E-state index is 14.8. The molecule has 1 amide bonds. The number of halogens is 1. The molecule has 6 atom stereocenters. The Morgan fingerprint density at radius 1 is 0.919 bits per heavy atom. The lowest BCUT2D eigenvalue weighted by atomic mass is 9.55. The Labute approximate surface area is 364 Å². The SMILES string of the molecule is C=CCO[C@@]12Oc3ccc(OCc4ccccc4F)cc3[C@H]3[C@H](CCCCO)[C@@H](CCCCO)C=C(C(=NOCc4ccccc4)C[C@@H]1N(C)C(=O)Cc1cccc(OC)c1)[C@H]32. The van der Waals surface area contributed by atoms with Crippen LogP contribution in [0.25, 0.3) is 0 Å². The van der Waals surface area contributed by atoms with E-state index in [0.29, 0.717) is 41.4 Å². The highest BCUT2D eigenvalue weighted by Crippen LogP contribution is 2.62. The lowest BCUT2D eigenvalue weighted by Gasteiger charge is -2.59. The molecule has 0 unspecified atom stereocenters. The van der Waals surface area contributed by atoms with Gasteiger partial charge in [-0.1, -0.05) is 90.8 Å². The Kier molecular flexibility index (Phi) is 15.1. The van der Waals surface area contributed by atoms with Gasteiger partial charge in [0.05, 0.1) is 31.8 Å². The van der Waals surface area contributed by atoms with Crippen molar-refractivity contribution in [2.75, 3.05) is 34.0 Å². The zero-order chi connectivity index (χ0) is 43.5. The fourth-order valence-electron chi connectivity index (χ4n) is 9.61. The fraction of sp³-hybridized carbons (Fsp3) is 0.412. The van der Waals surface area contributed by atoms with Gasteiger partial charge in [-0.05, 0) is 90.6 Å². The second kappa shape index (κ2) is 21.1. The molecule has 7 rings (SSSR count). The van der Waals surface area contributed by atoms with Gasteiger partial charge in [-0.15, -0.1) is 6.58 Å². The van der Waals surface area contributed by atoms with Crippen molar-refractivity contribution < 1.29 is 43.2 Å². The van der Waals surface area contributed by atoms with Crippen LogP contribution in [0.5, 0.6) is 17.2 Å². The number of aliphatic hydroxyl groups excluding tert-OH is 2. The summed E-state index contributed by atoms with van der Waals surface area (Å²) < 4.78 is 40.9. The standard InChI is InChI=1S/C51H59FN2O8/c1-4-27-60-51-47(54(2)48(57)29-36-17-14-20-39(28-36)58-3)32-45(53-61-33-35-15-6-5-7-16-35)42-30-37(18-10-12-25-55)41(21-11-13-26-56)49(50(42)51)43-31-40(23-24-46(43)62-51)59-34-38-19-8-9-22-44(38)52/h4-9,14-17,19-20,22-24,28,30-31,37,41,47,49-50,55-56H,1,10-13,18,21,25-27,29,32-34H2,2-3H3/t37-,41+,47-,49+,50+,51+/m0/s1. The summed E-state index contributed by atoms with van der Waals surface area (Å²) in [5.74, 6) is -0.648. The number of rotatable bonds is 21. The number of carbonyl (C=O) groups is 1. The van der Waals surface area contributed by atoms with Gasteiger partial charge >= 0.3 is 0 Å². The largest absolute Gasteiger partial charge is 0.497 e. The van der Waals surface area contributed by atoms with E-state index in [2.05, 4.69) is 12.7 Å². The summed E-state index contributed by atoms with van der Waals surface area (Å²) in [6.45, 7) is 4.64. The number of carbonyl (C=O) groups excluding carboxylic acids is 1. The molecular weight excluding hydrogens is 788 g/mol. The van der Waals surface area contributed by atoms with Crippen molar-refractivity contribution in [1.29, 1.82) is 0 Å². The number of allylic oxidation sites excluding steroid dienone is 1. The minimum absolute atomic E-state index is 0.0354. The van der Waals surface area contributed by atoms with Crippen LogP contribution >= 0.6 is 0 Å². The molecule has 0 bridgehead atoms. The molecule has 1 fully saturated rings. The number of ether oxygens (including phenoxy) is 4. The molecule has 11 heteroatoms. The first-order chi connectivity index (χ1) is 30.3. The number of hydrogen-bond donors (Lipinski definition) is 2. The predicted octanol–water partition coefficient (Wildman–Crippen LogP) is 8.95. The third kappa shape index (κ3) is 9.91. The summed E-state index contributed by atoms with van der Waals surface area (Å²) >= 11 is 0. The number of aliphatic hydroxyl groups is 2. The van der Waals surface area contributed by atoms with E-state index in [1.807, 2.05) is 72.8 Å². The van der Waals surface area contributed by atoms with Gasteiger partial charge in [0.1, 0.15) is 42.3 Å². The smallest absolute Gasteiger partial charge is 0.239 e. The molecule has 0 saturated heterocycles. The Hall–Kier alpha value is -5.49. The summed E-state index contributed by atoms with van der Waals surface area (Å²) in [6, 6.07) is 29.0. The van der Waals surface area contributed by atoms with E-state index >= 15 is 0 Å². The first-order valence-electron chi connectivity index (χ1n) is 21.8. The molecule has 10 nitrogen and oxygen atoms in total. The maximum Gasteiger partial charge on any atom is 0.239 e. The van der Waals surface area contributed by atoms with Gasteiger partial charge in [-0.3, -0.25) is 4.79 Å². The van der Waals surface area contributed by atoms with Gasteiger partial charge in [0, 0.05) is 43.7 Å². The van der Waals surface area contributed by atoms with Crippen molar-refractivity contribution >= 4 is 11.6 Å². The molecule has 1 heterocycles. The Bertz CT molecular complexity index is 2200. The quantitative estimate of drug-likeness (QED) is 0.0485. The third-order valence-corrected chi connectivity index (χ3v) is 12.6. The van der Waals surface area contributed by atoms with Gasteiger partial charge in [0.15, 0.2) is 0 Å². The summed E-state index contributed by atoms with van der Waals surface area (Å²) in [5, 5.41) is 24.8. The maximum absolute atomic E-state index is 14.8. The van der Waals surface area contributed by atoms with Crippen LogP contribution in [-0.2, 0) is 34.0 Å². The van der Waals surface area contributed by atoms with E-state index in [-0.39, 0.29) is 75.4 Å². The molecule has 328 valence electrons. The predicted molar refractivity (Wildman–Crippen MR) is 236 cm³/mol. The zero-order valence-electron chi connectivity index (χ0n) is 35.8. The van der Waals surface area contributed by atoms with Crippen LogP contribution in [0.2, 0.25) is 0 Å². The average Bonchev–Trinajstić information content (AvgIpc) is 3.29. The molecule has 2 N–H and O–H groups in total. The average molecular weight is 847 g/mol. The molecule has 62 heavy (non-hydrogen) atoms. The summed E-state index contributed by atoms with van der Waals surface area (Å²) in [5.41, 5.74) is 4.79. The number of nitrogens with zero attached hydrogens (tertiary/aromatic N) is 2. The number of unbranched alkanes of at least 4 members (excludes halogenated alkanes) is 2. The second-order valence-electron chi connectivity index (χ2n) is 16.4. The van der Waals surface area contributed by atoms with E-state index in [4.69, 9.17) is 28.9 Å². The Morgan fingerprint density at radius 2 is 1.68 bits per heavy atom. The normalized spacial score (nSPS) is 23.0. The van der Waals surface area contributed by atoms with Crippen LogP contribution in [0.4, 0.5) is 4.39 Å². The number of likely N-dealkylation sites (N-methyl/N-ethyl adjacent to an activating group) is 1. The van der Waals surface area contributed by atoms with Crippen LogP contribution in [0, 0.1) is 23.6 Å². The van der Waals surface area contributed by atoms with Crippen LogP contribution in [0.1, 0.15) is 73.1 Å². The molecule has 0 aromatic heterocycles. The van der Waals surface area contributed by atoms with Crippen LogP contribution in [0.15, 0.2) is 127 Å². The minimum atomic E-state index is -1.39. The Morgan fingerprint density at radius 3 is 2.44 bits per heavy atom. The molecule has 4 aromatic rings. The zero-order valence-corrected chi connectivity index (χ0v) is 35.8. The first-order valence-corrected chi connectivity index (χ1v) is 21.8. The summed E-state index contributed by atoms with van der Waals surface area (Å²) in [4.78, 5) is 22.5. The van der Waals surface area contributed by atoms with Gasteiger partial charge in [0.25, 0.3) is 0 Å². The first kappa shape index (κ1) is 44.6. The van der Waals surface area contributed by atoms with Gasteiger partial charge < -0.3 is 38.9 Å². The highest BCUT2D eigenvalue weighted by atomic mass is 19.1. The summed E-state index contributed by atoms with van der Waals surface area (Å²) in [6.07, 6.45) is 8.93. The van der Waals surface area contributed by atoms with E-state index in [9.17, 15) is 19.4 Å². The number of fused-ring (bicyclic) bond motifs is 2. The molecule has 3 aliphatic rings. The van der Waals surface area contributed by atoms with E-state index in [0.717, 1.165) is 47.9 Å².